The Morgan fingerprint density at radius 1 is 1.12 bits per heavy atom. The topological polar surface area (TPSA) is 142 Å². The van der Waals surface area contributed by atoms with E-state index in [4.69, 9.17) is 5.73 Å². The molecule has 10 nitrogen and oxygen atoms in total. The van der Waals surface area contributed by atoms with E-state index >= 15 is 0 Å². The zero-order valence-corrected chi connectivity index (χ0v) is 20.1. The maximum Gasteiger partial charge on any atom is 0.330 e. The van der Waals surface area contributed by atoms with Crippen molar-refractivity contribution in [1.82, 2.24) is 14.9 Å². The number of amides is 3. The van der Waals surface area contributed by atoms with Gasteiger partial charge in [-0.15, -0.1) is 0 Å². The summed E-state index contributed by atoms with van der Waals surface area (Å²) in [5.74, 6) is -0.436. The second-order valence-corrected chi connectivity index (χ2v) is 9.09. The molecule has 0 aliphatic carbocycles. The van der Waals surface area contributed by atoms with E-state index in [-0.39, 0.29) is 29.9 Å². The summed E-state index contributed by atoms with van der Waals surface area (Å²) >= 11 is 0. The molecule has 1 aromatic heterocycles. The lowest BCUT2D eigenvalue weighted by Crippen LogP contribution is -2.46. The number of nitrogens with two attached hydrogens (primary N) is 1. The minimum Gasteiger partial charge on any atom is -0.383 e. The summed E-state index contributed by atoms with van der Waals surface area (Å²) in [6.07, 6.45) is 0. The van der Waals surface area contributed by atoms with Gasteiger partial charge in [0.25, 0.3) is 5.56 Å². The van der Waals surface area contributed by atoms with E-state index in [2.05, 4.69) is 15.6 Å². The van der Waals surface area contributed by atoms with Crippen molar-refractivity contribution in [2.75, 3.05) is 29.0 Å². The Morgan fingerprint density at radius 3 is 2.36 bits per heavy atom. The van der Waals surface area contributed by atoms with Gasteiger partial charge in [0.1, 0.15) is 11.5 Å². The van der Waals surface area contributed by atoms with E-state index in [1.807, 2.05) is 53.7 Å². The molecule has 1 heterocycles. The van der Waals surface area contributed by atoms with Crippen molar-refractivity contribution < 1.29 is 9.59 Å². The lowest BCUT2D eigenvalue weighted by atomic mass is 10.1. The monoisotopic (exact) mass is 458 g/mol. The highest BCUT2D eigenvalue weighted by molar-refractivity contribution is 6.02. The van der Waals surface area contributed by atoms with Gasteiger partial charge in [-0.05, 0) is 37.3 Å². The number of urea groups is 1. The standard InChI is InChI=1S/C23H34N6O4/c1-13(2)10-28(19-20(24)29(11-14(3)4)23(33)27-21(19)31)12-18(30)26-22(32)25-17-8-7-15(5)9-16(17)6/h7-9,13-14H,10-12,24H2,1-6H3,(H,27,31,33)(H2,25,26,30,32). The van der Waals surface area contributed by atoms with Gasteiger partial charge in [-0.2, -0.15) is 0 Å². The maximum absolute atomic E-state index is 12.7. The average Bonchev–Trinajstić information content (AvgIpc) is 2.66. The van der Waals surface area contributed by atoms with Crippen LogP contribution in [-0.4, -0.2) is 34.6 Å². The van der Waals surface area contributed by atoms with Gasteiger partial charge in [-0.3, -0.25) is 24.5 Å². The first-order valence-electron chi connectivity index (χ1n) is 10.9. The van der Waals surface area contributed by atoms with Gasteiger partial charge in [0.2, 0.25) is 5.91 Å². The number of hydrogen-bond donors (Lipinski definition) is 4. The minimum absolute atomic E-state index is 0.00867. The highest BCUT2D eigenvalue weighted by Gasteiger charge is 2.23. The Hall–Kier alpha value is -3.56. The van der Waals surface area contributed by atoms with E-state index < -0.39 is 23.2 Å². The molecule has 2 rings (SSSR count). The molecule has 33 heavy (non-hydrogen) atoms. The second-order valence-electron chi connectivity index (χ2n) is 9.09. The van der Waals surface area contributed by atoms with Crippen molar-refractivity contribution in [2.45, 2.75) is 48.1 Å². The molecule has 0 aliphatic rings. The maximum atomic E-state index is 12.7. The number of carbonyl (C=O) groups is 2. The van der Waals surface area contributed by atoms with Crippen molar-refractivity contribution in [1.29, 1.82) is 0 Å². The number of imide groups is 1. The van der Waals surface area contributed by atoms with Crippen molar-refractivity contribution in [3.63, 3.8) is 0 Å². The predicted octanol–water partition coefficient (Wildman–Crippen LogP) is 2.20. The normalized spacial score (nSPS) is 11.0. The number of aromatic nitrogens is 2. The van der Waals surface area contributed by atoms with Crippen LogP contribution in [0.3, 0.4) is 0 Å². The van der Waals surface area contributed by atoms with Crippen LogP contribution in [0.2, 0.25) is 0 Å². The Labute approximate surface area is 193 Å². The fourth-order valence-electron chi connectivity index (χ4n) is 3.55. The zero-order chi connectivity index (χ0) is 24.9. The van der Waals surface area contributed by atoms with Gasteiger partial charge in [0.05, 0.1) is 6.54 Å². The third-order valence-electron chi connectivity index (χ3n) is 4.88. The van der Waals surface area contributed by atoms with Gasteiger partial charge in [-0.25, -0.2) is 9.59 Å². The van der Waals surface area contributed by atoms with E-state index in [0.29, 0.717) is 18.8 Å². The number of nitrogens with zero attached hydrogens (tertiary/aromatic N) is 2. The third kappa shape index (κ3) is 6.96. The van der Waals surface area contributed by atoms with E-state index in [0.717, 1.165) is 11.1 Å². The number of aromatic amines is 1. The van der Waals surface area contributed by atoms with Crippen LogP contribution in [0, 0.1) is 25.7 Å². The summed E-state index contributed by atoms with van der Waals surface area (Å²) in [6, 6.07) is 4.86. The van der Waals surface area contributed by atoms with E-state index in [9.17, 15) is 19.2 Å². The first-order valence-corrected chi connectivity index (χ1v) is 10.9. The lowest BCUT2D eigenvalue weighted by molar-refractivity contribution is -0.118. The lowest BCUT2D eigenvalue weighted by Gasteiger charge is -2.27. The van der Waals surface area contributed by atoms with Gasteiger partial charge in [-0.1, -0.05) is 45.4 Å². The van der Waals surface area contributed by atoms with Crippen LogP contribution in [0.25, 0.3) is 0 Å². The SMILES string of the molecule is Cc1ccc(NC(=O)NC(=O)CN(CC(C)C)c2c(N)n(CC(C)C)c(=O)[nH]c2=O)c(C)c1. The fraction of sp³-hybridized carbons (Fsp3) is 0.478. The Morgan fingerprint density at radius 2 is 1.79 bits per heavy atom. The third-order valence-corrected chi connectivity index (χ3v) is 4.88. The number of carbonyl (C=O) groups excluding carboxylic acids is 2. The number of aryl methyl sites for hydroxylation is 2. The number of nitrogen functional groups attached to an aromatic ring is 1. The molecule has 3 amide bonds. The Bertz CT molecular complexity index is 1130. The van der Waals surface area contributed by atoms with Gasteiger partial charge >= 0.3 is 11.7 Å². The van der Waals surface area contributed by atoms with Gasteiger partial charge in [0, 0.05) is 18.8 Å². The van der Waals surface area contributed by atoms with E-state index in [1.54, 1.807) is 6.07 Å². The molecule has 0 unspecified atom stereocenters. The molecule has 0 bridgehead atoms. The molecule has 0 atom stereocenters. The highest BCUT2D eigenvalue weighted by Crippen LogP contribution is 2.19. The Balaban J connectivity index is 2.25. The molecule has 0 fully saturated rings. The van der Waals surface area contributed by atoms with Crippen LogP contribution in [0.4, 0.5) is 22.0 Å². The Kier molecular flexibility index (Phi) is 8.44. The molecule has 0 radical (unpaired) electrons. The number of hydrogen-bond acceptors (Lipinski definition) is 6. The predicted molar refractivity (Wildman–Crippen MR) is 131 cm³/mol. The quantitative estimate of drug-likeness (QED) is 0.478. The van der Waals surface area contributed by atoms with Crippen LogP contribution in [0.5, 0.6) is 0 Å². The second kappa shape index (κ2) is 10.8. The van der Waals surface area contributed by atoms with Crippen LogP contribution in [0.1, 0.15) is 38.8 Å². The van der Waals surface area contributed by atoms with Crippen LogP contribution >= 0.6 is 0 Å². The fourth-order valence-corrected chi connectivity index (χ4v) is 3.55. The van der Waals surface area contributed by atoms with Gasteiger partial charge < -0.3 is 16.0 Å². The first kappa shape index (κ1) is 25.7. The number of H-pyrrole nitrogens is 1. The average molecular weight is 459 g/mol. The minimum atomic E-state index is -0.678. The highest BCUT2D eigenvalue weighted by atomic mass is 16.2. The summed E-state index contributed by atoms with van der Waals surface area (Å²) in [5.41, 5.74) is 7.48. The van der Waals surface area contributed by atoms with Crippen LogP contribution in [-0.2, 0) is 11.3 Å². The summed E-state index contributed by atoms with van der Waals surface area (Å²) in [7, 11) is 0. The van der Waals surface area contributed by atoms with Crippen molar-refractivity contribution in [2.24, 2.45) is 11.8 Å². The van der Waals surface area contributed by atoms with Crippen LogP contribution in [0.15, 0.2) is 27.8 Å². The number of benzene rings is 1. The molecule has 10 heteroatoms. The number of anilines is 3. The summed E-state index contributed by atoms with van der Waals surface area (Å²) in [5, 5.41) is 4.94. The van der Waals surface area contributed by atoms with Crippen LogP contribution < -0.4 is 32.5 Å². The zero-order valence-electron chi connectivity index (χ0n) is 20.1. The molecule has 1 aromatic carbocycles. The van der Waals surface area contributed by atoms with E-state index in [1.165, 1.54) is 9.47 Å². The molecule has 0 saturated carbocycles. The summed E-state index contributed by atoms with van der Waals surface area (Å²) < 4.78 is 1.29. The number of rotatable bonds is 8. The molecule has 2 aromatic rings. The first-order chi connectivity index (χ1) is 15.4. The largest absolute Gasteiger partial charge is 0.383 e. The number of nitrogens with one attached hydrogen (secondary N) is 3. The molecule has 180 valence electrons. The summed E-state index contributed by atoms with van der Waals surface area (Å²) in [4.78, 5) is 53.7. The molecule has 0 aliphatic heterocycles. The van der Waals surface area contributed by atoms with Crippen molar-refractivity contribution in [3.8, 4) is 0 Å². The van der Waals surface area contributed by atoms with Gasteiger partial charge in [0.15, 0.2) is 0 Å². The molecular weight excluding hydrogens is 424 g/mol. The molecule has 0 saturated heterocycles. The smallest absolute Gasteiger partial charge is 0.330 e. The van der Waals surface area contributed by atoms with Crippen molar-refractivity contribution >= 4 is 29.1 Å². The molecule has 5 N–H and O–H groups in total. The molecular formula is C23H34N6O4. The summed E-state index contributed by atoms with van der Waals surface area (Å²) in [6.45, 7) is 11.8. The molecule has 0 spiro atoms. The van der Waals surface area contributed by atoms with Crippen molar-refractivity contribution in [3.05, 3.63) is 50.2 Å².